The molecule has 1 aliphatic rings. The molecule has 2 aromatic heterocycles. The van der Waals surface area contributed by atoms with Crippen LogP contribution in [0.5, 0.6) is 0 Å². The number of anilines is 1. The van der Waals surface area contributed by atoms with Crippen LogP contribution >= 0.6 is 11.3 Å². The van der Waals surface area contributed by atoms with Crippen molar-refractivity contribution in [1.29, 1.82) is 0 Å². The Morgan fingerprint density at radius 2 is 1.85 bits per heavy atom. The highest BCUT2D eigenvalue weighted by Gasteiger charge is 2.22. The summed E-state index contributed by atoms with van der Waals surface area (Å²) in [7, 11) is 1.39. The summed E-state index contributed by atoms with van der Waals surface area (Å²) in [6, 6.07) is 5.14. The van der Waals surface area contributed by atoms with Crippen LogP contribution < -0.4 is 16.1 Å². The van der Waals surface area contributed by atoms with Crippen LogP contribution in [-0.4, -0.2) is 33.0 Å². The van der Waals surface area contributed by atoms with E-state index in [-0.39, 0.29) is 18.0 Å². The standard InChI is InChI=1S/C18H17FN4O3S/c1-21-16(25)14-15(20-17(27-14)22-8-2-3-9-22)23(18(21)26)10-13(24)11-4-6-12(19)7-5-11/h4-7H,2-3,8-10H2,1H3. The summed E-state index contributed by atoms with van der Waals surface area (Å²) in [6.45, 7) is 1.45. The van der Waals surface area contributed by atoms with Gasteiger partial charge in [-0.1, -0.05) is 11.3 Å². The lowest BCUT2D eigenvalue weighted by Gasteiger charge is -2.12. The summed E-state index contributed by atoms with van der Waals surface area (Å²) in [4.78, 5) is 44.3. The van der Waals surface area contributed by atoms with Gasteiger partial charge in [-0.15, -0.1) is 0 Å². The lowest BCUT2D eigenvalue weighted by atomic mass is 10.1. The smallest absolute Gasteiger partial charge is 0.332 e. The molecule has 9 heteroatoms. The Bertz CT molecular complexity index is 1140. The normalized spacial score (nSPS) is 14.2. The molecule has 140 valence electrons. The van der Waals surface area contributed by atoms with Gasteiger partial charge in [0.2, 0.25) is 0 Å². The third kappa shape index (κ3) is 3.08. The van der Waals surface area contributed by atoms with Crippen molar-refractivity contribution in [1.82, 2.24) is 14.1 Å². The zero-order valence-electron chi connectivity index (χ0n) is 14.6. The van der Waals surface area contributed by atoms with Crippen LogP contribution in [0.1, 0.15) is 23.2 Å². The lowest BCUT2D eigenvalue weighted by Crippen LogP contribution is -2.39. The Kier molecular flexibility index (Phi) is 4.39. The van der Waals surface area contributed by atoms with E-state index in [0.717, 1.165) is 30.5 Å². The lowest BCUT2D eigenvalue weighted by molar-refractivity contribution is 0.0971. The maximum atomic E-state index is 13.1. The van der Waals surface area contributed by atoms with Gasteiger partial charge in [0.15, 0.2) is 16.6 Å². The van der Waals surface area contributed by atoms with E-state index in [1.807, 2.05) is 0 Å². The molecular formula is C18H17FN4O3S. The molecule has 0 radical (unpaired) electrons. The molecule has 3 aromatic rings. The van der Waals surface area contributed by atoms with E-state index in [4.69, 9.17) is 0 Å². The van der Waals surface area contributed by atoms with Crippen molar-refractivity contribution < 1.29 is 9.18 Å². The van der Waals surface area contributed by atoms with Crippen LogP contribution in [0.15, 0.2) is 33.9 Å². The molecule has 27 heavy (non-hydrogen) atoms. The quantitative estimate of drug-likeness (QED) is 0.637. The molecule has 0 bridgehead atoms. The highest BCUT2D eigenvalue weighted by Crippen LogP contribution is 2.28. The van der Waals surface area contributed by atoms with E-state index in [0.29, 0.717) is 15.4 Å². The predicted octanol–water partition coefficient (Wildman–Crippen LogP) is 1.78. The fourth-order valence-corrected chi connectivity index (χ4v) is 4.29. The van der Waals surface area contributed by atoms with Gasteiger partial charge < -0.3 is 4.90 Å². The van der Waals surface area contributed by atoms with E-state index >= 15 is 0 Å². The Morgan fingerprint density at radius 1 is 1.19 bits per heavy atom. The zero-order chi connectivity index (χ0) is 19.1. The molecule has 1 fully saturated rings. The van der Waals surface area contributed by atoms with Crippen LogP contribution in [0.4, 0.5) is 9.52 Å². The Hall–Kier alpha value is -2.81. The molecule has 3 heterocycles. The number of carbonyl (C=O) groups excluding carboxylic acids is 1. The molecule has 0 N–H and O–H groups in total. The summed E-state index contributed by atoms with van der Waals surface area (Å²) in [5, 5.41) is 0.688. The van der Waals surface area contributed by atoms with Gasteiger partial charge in [-0.2, -0.15) is 0 Å². The molecule has 0 aliphatic carbocycles. The topological polar surface area (TPSA) is 77.2 Å². The van der Waals surface area contributed by atoms with Gasteiger partial charge in [-0.25, -0.2) is 14.2 Å². The van der Waals surface area contributed by atoms with Crippen LogP contribution in [0, 0.1) is 5.82 Å². The molecule has 4 rings (SSSR count). The van der Waals surface area contributed by atoms with Gasteiger partial charge in [-0.3, -0.25) is 18.7 Å². The van der Waals surface area contributed by atoms with Gasteiger partial charge in [0.1, 0.15) is 10.5 Å². The van der Waals surface area contributed by atoms with E-state index in [1.165, 1.54) is 47.2 Å². The highest BCUT2D eigenvalue weighted by atomic mass is 32.1. The van der Waals surface area contributed by atoms with Crippen molar-refractivity contribution in [2.75, 3.05) is 18.0 Å². The van der Waals surface area contributed by atoms with Gasteiger partial charge in [0.05, 0.1) is 6.54 Å². The largest absolute Gasteiger partial charge is 0.348 e. The average molecular weight is 388 g/mol. The van der Waals surface area contributed by atoms with Crippen molar-refractivity contribution in [3.8, 4) is 0 Å². The number of rotatable bonds is 4. The van der Waals surface area contributed by atoms with Crippen LogP contribution in [0.3, 0.4) is 0 Å². The minimum atomic E-state index is -0.596. The summed E-state index contributed by atoms with van der Waals surface area (Å²) >= 11 is 1.24. The Balaban J connectivity index is 1.81. The number of ketones is 1. The average Bonchev–Trinajstić information content (AvgIpc) is 3.33. The van der Waals surface area contributed by atoms with Crippen molar-refractivity contribution >= 4 is 32.6 Å². The second-order valence-electron chi connectivity index (χ2n) is 6.51. The van der Waals surface area contributed by atoms with Crippen LogP contribution in [0.25, 0.3) is 10.3 Å². The minimum Gasteiger partial charge on any atom is -0.348 e. The van der Waals surface area contributed by atoms with E-state index < -0.39 is 17.1 Å². The van der Waals surface area contributed by atoms with E-state index in [1.54, 1.807) is 0 Å². The fraction of sp³-hybridized carbons (Fsp3) is 0.333. The SMILES string of the molecule is Cn1c(=O)c2sc(N3CCCC3)nc2n(CC(=O)c2ccc(F)cc2)c1=O. The molecule has 0 unspecified atom stereocenters. The second-order valence-corrected chi connectivity index (χ2v) is 7.48. The number of halogens is 1. The molecule has 0 atom stereocenters. The van der Waals surface area contributed by atoms with Gasteiger partial charge in [0.25, 0.3) is 5.56 Å². The summed E-state index contributed by atoms with van der Waals surface area (Å²) in [5.74, 6) is -0.796. The molecule has 0 amide bonds. The Morgan fingerprint density at radius 3 is 2.52 bits per heavy atom. The first-order valence-electron chi connectivity index (χ1n) is 8.60. The number of hydrogen-bond acceptors (Lipinski definition) is 6. The number of benzene rings is 1. The molecule has 1 saturated heterocycles. The molecule has 7 nitrogen and oxygen atoms in total. The predicted molar refractivity (Wildman–Crippen MR) is 101 cm³/mol. The summed E-state index contributed by atoms with van der Waals surface area (Å²) in [6.07, 6.45) is 2.12. The molecule has 0 spiro atoms. The number of nitrogens with zero attached hydrogens (tertiary/aromatic N) is 4. The highest BCUT2D eigenvalue weighted by molar-refractivity contribution is 7.22. The number of hydrogen-bond donors (Lipinski definition) is 0. The number of fused-ring (bicyclic) bond motifs is 1. The third-order valence-electron chi connectivity index (χ3n) is 4.71. The Labute approximate surface area is 157 Å². The van der Waals surface area contributed by atoms with Crippen molar-refractivity contribution in [2.45, 2.75) is 19.4 Å². The first-order chi connectivity index (χ1) is 13.0. The second kappa shape index (κ2) is 6.73. The van der Waals surface area contributed by atoms with Crippen molar-refractivity contribution in [3.63, 3.8) is 0 Å². The number of carbonyl (C=O) groups is 1. The van der Waals surface area contributed by atoms with E-state index in [2.05, 4.69) is 9.88 Å². The zero-order valence-corrected chi connectivity index (χ0v) is 15.5. The number of thiazole rings is 1. The summed E-state index contributed by atoms with van der Waals surface area (Å²) < 4.78 is 15.6. The molecular weight excluding hydrogens is 371 g/mol. The number of Topliss-reactive ketones (excluding diaryl/α,β-unsaturated/α-hetero) is 1. The molecule has 1 aromatic carbocycles. The van der Waals surface area contributed by atoms with Gasteiger partial charge in [0, 0.05) is 25.7 Å². The van der Waals surface area contributed by atoms with Gasteiger partial charge >= 0.3 is 5.69 Å². The number of aromatic nitrogens is 3. The molecule has 1 aliphatic heterocycles. The van der Waals surface area contributed by atoms with Crippen LogP contribution in [-0.2, 0) is 13.6 Å². The summed E-state index contributed by atoms with van der Waals surface area (Å²) in [5.41, 5.74) is -0.490. The minimum absolute atomic E-state index is 0.227. The third-order valence-corrected chi connectivity index (χ3v) is 5.81. The maximum Gasteiger partial charge on any atom is 0.332 e. The van der Waals surface area contributed by atoms with Crippen LogP contribution in [0.2, 0.25) is 0 Å². The first-order valence-corrected chi connectivity index (χ1v) is 9.41. The van der Waals surface area contributed by atoms with E-state index in [9.17, 15) is 18.8 Å². The van der Waals surface area contributed by atoms with Gasteiger partial charge in [-0.05, 0) is 37.1 Å². The van der Waals surface area contributed by atoms with Crippen molar-refractivity contribution in [3.05, 3.63) is 56.5 Å². The fourth-order valence-electron chi connectivity index (χ4n) is 3.19. The maximum absolute atomic E-state index is 13.1. The molecule has 0 saturated carbocycles. The first kappa shape index (κ1) is 17.6. The monoisotopic (exact) mass is 388 g/mol. The van der Waals surface area contributed by atoms with Crippen molar-refractivity contribution in [2.24, 2.45) is 7.05 Å².